The number of aromatic nitrogens is 2. The Kier molecular flexibility index (Phi) is 4.19. The van der Waals surface area contributed by atoms with Crippen molar-refractivity contribution in [3.8, 4) is 0 Å². The molecule has 2 rings (SSSR count). The number of nitrogens with zero attached hydrogens (tertiary/aromatic N) is 2. The number of carbonyl (C=O) groups excluding carboxylic acids is 1. The molecule has 0 fully saturated rings. The number of hydrogen-bond donors (Lipinski definition) is 0. The van der Waals surface area contributed by atoms with E-state index in [0.29, 0.717) is 27.0 Å². The molecule has 0 aliphatic carbocycles. The van der Waals surface area contributed by atoms with Crippen molar-refractivity contribution in [2.75, 3.05) is 0 Å². The zero-order valence-corrected chi connectivity index (χ0v) is 12.0. The maximum atomic E-state index is 13.3. The van der Waals surface area contributed by atoms with E-state index in [1.54, 1.807) is 12.1 Å². The first-order valence-electron chi connectivity index (χ1n) is 5.40. The fraction of sp³-hybridized carbons (Fsp3) is 0.250. The summed E-state index contributed by atoms with van der Waals surface area (Å²) in [5, 5.41) is 3.90. The summed E-state index contributed by atoms with van der Waals surface area (Å²) in [5.41, 5.74) is 1.34. The van der Waals surface area contributed by atoms with Crippen molar-refractivity contribution in [2.24, 2.45) is 0 Å². The largest absolute Gasteiger partial charge is 0.293 e. The molecule has 3 nitrogen and oxygen atoms in total. The lowest BCUT2D eigenvalue weighted by Gasteiger charge is -2.04. The third-order valence-corrected chi connectivity index (χ3v) is 4.22. The average molecular weight is 329 g/mol. The minimum absolute atomic E-state index is 0.0758. The molecule has 6 heteroatoms. The van der Waals surface area contributed by atoms with E-state index in [1.807, 2.05) is 6.92 Å². The summed E-state index contributed by atoms with van der Waals surface area (Å²) >= 11 is 4.24. The van der Waals surface area contributed by atoms with Gasteiger partial charge in [0.2, 0.25) is 0 Å². The highest BCUT2D eigenvalue weighted by molar-refractivity contribution is 9.10. The Balaban J connectivity index is 2.24. The maximum absolute atomic E-state index is 13.3. The molecule has 0 atom stereocenters. The van der Waals surface area contributed by atoms with E-state index in [4.69, 9.17) is 0 Å². The molecule has 0 spiro atoms. The normalized spacial score (nSPS) is 10.6. The molecule has 0 aliphatic rings. The smallest absolute Gasteiger partial charge is 0.180 e. The summed E-state index contributed by atoms with van der Waals surface area (Å²) in [6, 6.07) is 4.67. The Morgan fingerprint density at radius 1 is 1.50 bits per heavy atom. The van der Waals surface area contributed by atoms with Crippen LogP contribution in [-0.4, -0.2) is 15.4 Å². The second kappa shape index (κ2) is 5.67. The molecule has 18 heavy (non-hydrogen) atoms. The average Bonchev–Trinajstić information content (AvgIpc) is 2.83. The molecule has 0 aliphatic heterocycles. The Hall–Kier alpha value is -1.14. The van der Waals surface area contributed by atoms with Crippen LogP contribution in [0.5, 0.6) is 0 Å². The zero-order valence-electron chi connectivity index (χ0n) is 9.61. The van der Waals surface area contributed by atoms with E-state index in [2.05, 4.69) is 25.5 Å². The van der Waals surface area contributed by atoms with Gasteiger partial charge in [-0.15, -0.1) is 5.10 Å². The van der Waals surface area contributed by atoms with Gasteiger partial charge in [0.1, 0.15) is 10.7 Å². The fourth-order valence-electron chi connectivity index (χ4n) is 1.59. The van der Waals surface area contributed by atoms with Gasteiger partial charge in [0.05, 0.1) is 10.2 Å². The predicted octanol–water partition coefficient (Wildman–Crippen LogP) is 3.43. The first-order chi connectivity index (χ1) is 8.63. The van der Waals surface area contributed by atoms with E-state index >= 15 is 0 Å². The monoisotopic (exact) mass is 328 g/mol. The van der Waals surface area contributed by atoms with Gasteiger partial charge in [-0.05, 0) is 45.5 Å². The predicted molar refractivity (Wildman–Crippen MR) is 71.4 cm³/mol. The summed E-state index contributed by atoms with van der Waals surface area (Å²) in [4.78, 5) is 12.7. The zero-order chi connectivity index (χ0) is 13.1. The minimum Gasteiger partial charge on any atom is -0.293 e. The molecule has 2 aromatic rings. The first-order valence-corrected chi connectivity index (χ1v) is 6.97. The van der Waals surface area contributed by atoms with Crippen molar-refractivity contribution in [3.63, 3.8) is 0 Å². The summed E-state index contributed by atoms with van der Waals surface area (Å²) < 4.78 is 17.5. The summed E-state index contributed by atoms with van der Waals surface area (Å²) in [7, 11) is 0. The Morgan fingerprint density at radius 3 is 3.00 bits per heavy atom. The topological polar surface area (TPSA) is 42.9 Å². The van der Waals surface area contributed by atoms with Crippen LogP contribution in [0.4, 0.5) is 4.39 Å². The Morgan fingerprint density at radius 2 is 2.28 bits per heavy atom. The molecule has 1 aromatic carbocycles. The fourth-order valence-corrected chi connectivity index (χ4v) is 2.68. The van der Waals surface area contributed by atoms with Crippen LogP contribution in [-0.2, 0) is 12.8 Å². The SMILES string of the molecule is CCc1nnsc1C(=O)Cc1cccc(F)c1Br. The van der Waals surface area contributed by atoms with Crippen molar-refractivity contribution in [3.05, 3.63) is 44.6 Å². The second-order valence-corrected chi connectivity index (χ2v) is 5.26. The van der Waals surface area contributed by atoms with Crippen LogP contribution in [0.2, 0.25) is 0 Å². The number of halogens is 2. The molecule has 0 amide bonds. The van der Waals surface area contributed by atoms with Crippen LogP contribution in [0.1, 0.15) is 27.9 Å². The molecule has 1 aromatic heterocycles. The number of aryl methyl sites for hydroxylation is 1. The lowest BCUT2D eigenvalue weighted by molar-refractivity contribution is 0.0995. The molecule has 1 heterocycles. The standard InChI is InChI=1S/C12H10BrFN2OS/c1-2-9-12(18-16-15-9)10(17)6-7-4-3-5-8(14)11(7)13/h3-5H,2,6H2,1H3. The number of carbonyl (C=O) groups is 1. The molecule has 0 saturated heterocycles. The van der Waals surface area contributed by atoms with Gasteiger partial charge in [0, 0.05) is 6.42 Å². The van der Waals surface area contributed by atoms with Crippen molar-refractivity contribution in [2.45, 2.75) is 19.8 Å². The van der Waals surface area contributed by atoms with Crippen molar-refractivity contribution in [1.29, 1.82) is 0 Å². The van der Waals surface area contributed by atoms with E-state index < -0.39 is 0 Å². The van der Waals surface area contributed by atoms with Crippen LogP contribution >= 0.6 is 27.5 Å². The van der Waals surface area contributed by atoms with Gasteiger partial charge < -0.3 is 0 Å². The highest BCUT2D eigenvalue weighted by Crippen LogP contribution is 2.23. The number of ketones is 1. The Bertz CT molecular complexity index is 585. The van der Waals surface area contributed by atoms with E-state index in [0.717, 1.165) is 11.5 Å². The van der Waals surface area contributed by atoms with Crippen molar-refractivity contribution < 1.29 is 9.18 Å². The Labute approximate surface area is 116 Å². The molecule has 0 bridgehead atoms. The highest BCUT2D eigenvalue weighted by atomic mass is 79.9. The van der Waals surface area contributed by atoms with Gasteiger partial charge in [0.15, 0.2) is 5.78 Å². The first kappa shape index (κ1) is 13.3. The molecular weight excluding hydrogens is 319 g/mol. The molecule has 0 N–H and O–H groups in total. The van der Waals surface area contributed by atoms with E-state index in [-0.39, 0.29) is 18.0 Å². The van der Waals surface area contributed by atoms with E-state index in [9.17, 15) is 9.18 Å². The summed E-state index contributed by atoms with van der Waals surface area (Å²) in [6.07, 6.45) is 0.817. The molecular formula is C12H10BrFN2OS. The van der Waals surface area contributed by atoms with Gasteiger partial charge in [-0.1, -0.05) is 23.5 Å². The van der Waals surface area contributed by atoms with Crippen LogP contribution in [0.25, 0.3) is 0 Å². The third-order valence-electron chi connectivity index (χ3n) is 2.53. The maximum Gasteiger partial charge on any atom is 0.180 e. The third kappa shape index (κ3) is 2.64. The van der Waals surface area contributed by atoms with Gasteiger partial charge in [-0.3, -0.25) is 4.79 Å². The van der Waals surface area contributed by atoms with Crippen LogP contribution < -0.4 is 0 Å². The van der Waals surface area contributed by atoms with Crippen LogP contribution in [0.15, 0.2) is 22.7 Å². The number of rotatable bonds is 4. The lowest BCUT2D eigenvalue weighted by atomic mass is 10.1. The number of Topliss-reactive ketones (excluding diaryl/α,β-unsaturated/α-hetero) is 1. The van der Waals surface area contributed by atoms with Gasteiger partial charge in [-0.2, -0.15) is 0 Å². The summed E-state index contributed by atoms with van der Waals surface area (Å²) in [6.45, 7) is 1.92. The van der Waals surface area contributed by atoms with Crippen molar-refractivity contribution >= 4 is 33.2 Å². The van der Waals surface area contributed by atoms with Gasteiger partial charge in [-0.25, -0.2) is 4.39 Å². The minimum atomic E-state index is -0.363. The second-order valence-electron chi connectivity index (χ2n) is 3.72. The molecule has 94 valence electrons. The molecule has 0 radical (unpaired) electrons. The summed E-state index contributed by atoms with van der Waals surface area (Å²) in [5.74, 6) is -0.438. The molecule has 0 saturated carbocycles. The quantitative estimate of drug-likeness (QED) is 0.807. The number of hydrogen-bond acceptors (Lipinski definition) is 4. The van der Waals surface area contributed by atoms with Crippen LogP contribution in [0.3, 0.4) is 0 Å². The lowest BCUT2D eigenvalue weighted by Crippen LogP contribution is -2.05. The highest BCUT2D eigenvalue weighted by Gasteiger charge is 2.17. The van der Waals surface area contributed by atoms with Crippen LogP contribution in [0, 0.1) is 5.82 Å². The van der Waals surface area contributed by atoms with Crippen molar-refractivity contribution in [1.82, 2.24) is 9.59 Å². The molecule has 0 unspecified atom stereocenters. The van der Waals surface area contributed by atoms with Gasteiger partial charge in [0.25, 0.3) is 0 Å². The number of benzene rings is 1. The van der Waals surface area contributed by atoms with Gasteiger partial charge >= 0.3 is 0 Å². The van der Waals surface area contributed by atoms with E-state index in [1.165, 1.54) is 6.07 Å².